The van der Waals surface area contributed by atoms with Crippen LogP contribution < -0.4 is 10.2 Å². The van der Waals surface area contributed by atoms with Crippen molar-refractivity contribution in [2.75, 3.05) is 24.3 Å². The predicted octanol–water partition coefficient (Wildman–Crippen LogP) is 5.16. The molecule has 0 unspecified atom stereocenters. The van der Waals surface area contributed by atoms with Gasteiger partial charge >= 0.3 is 0 Å². The Hall–Kier alpha value is -2.04. The minimum absolute atomic E-state index is 0.00948. The van der Waals surface area contributed by atoms with E-state index in [1.165, 1.54) is 0 Å². The first-order valence-electron chi connectivity index (χ1n) is 10.6. The van der Waals surface area contributed by atoms with Crippen LogP contribution in [0.1, 0.15) is 67.4 Å². The lowest BCUT2D eigenvalue weighted by Gasteiger charge is -2.35. The summed E-state index contributed by atoms with van der Waals surface area (Å²) in [5, 5.41) is 2.98. The quantitative estimate of drug-likeness (QED) is 0.652. The van der Waals surface area contributed by atoms with E-state index in [9.17, 15) is 9.59 Å². The fourth-order valence-electron chi connectivity index (χ4n) is 3.07. The van der Waals surface area contributed by atoms with Gasteiger partial charge in [0.25, 0.3) is 0 Å². The zero-order valence-corrected chi connectivity index (χ0v) is 20.1. The maximum absolute atomic E-state index is 13.2. The van der Waals surface area contributed by atoms with Gasteiger partial charge in [-0.2, -0.15) is 0 Å². The molecule has 0 saturated carbocycles. The molecule has 0 saturated heterocycles. The van der Waals surface area contributed by atoms with Crippen LogP contribution in [0, 0.1) is 17.3 Å². The Balaban J connectivity index is 3.30. The molecule has 5 nitrogen and oxygen atoms in total. The van der Waals surface area contributed by atoms with Crippen molar-refractivity contribution in [1.82, 2.24) is 4.90 Å². The van der Waals surface area contributed by atoms with E-state index in [-0.39, 0.29) is 29.2 Å². The largest absolute Gasteiger partial charge is 0.377 e. The summed E-state index contributed by atoms with van der Waals surface area (Å²) < 4.78 is 0. The van der Waals surface area contributed by atoms with Gasteiger partial charge in [0, 0.05) is 50.4 Å². The average Bonchev–Trinajstić information content (AvgIpc) is 2.57. The second kappa shape index (κ2) is 10.1. The minimum atomic E-state index is -0.0854. The molecule has 0 bridgehead atoms. The van der Waals surface area contributed by atoms with Crippen LogP contribution >= 0.6 is 0 Å². The molecule has 0 aromatic heterocycles. The zero-order valence-electron chi connectivity index (χ0n) is 20.1. The Bertz CT molecular complexity index is 703. The Labute approximate surface area is 177 Å². The molecule has 2 amide bonds. The van der Waals surface area contributed by atoms with Crippen molar-refractivity contribution >= 4 is 23.2 Å². The molecule has 0 heterocycles. The van der Waals surface area contributed by atoms with Gasteiger partial charge in [0.05, 0.1) is 0 Å². The van der Waals surface area contributed by atoms with Gasteiger partial charge in [-0.15, -0.1) is 0 Å². The number of nitrogens with zero attached hydrogens (tertiary/aromatic N) is 2. The third-order valence-corrected chi connectivity index (χ3v) is 5.15. The zero-order chi connectivity index (χ0) is 22.5. The minimum Gasteiger partial charge on any atom is -0.377 e. The van der Waals surface area contributed by atoms with Crippen LogP contribution in [0.25, 0.3) is 0 Å². The van der Waals surface area contributed by atoms with Gasteiger partial charge in [-0.25, -0.2) is 0 Å². The van der Waals surface area contributed by atoms with Gasteiger partial charge in [0.1, 0.15) is 0 Å². The highest BCUT2D eigenvalue weighted by Gasteiger charge is 2.27. The third kappa shape index (κ3) is 7.71. The van der Waals surface area contributed by atoms with E-state index in [1.807, 2.05) is 51.0 Å². The number of amides is 2. The molecule has 1 N–H and O–H groups in total. The molecule has 1 atom stereocenters. The first kappa shape index (κ1) is 25.0. The topological polar surface area (TPSA) is 52.7 Å². The van der Waals surface area contributed by atoms with E-state index in [0.717, 1.165) is 16.9 Å². The van der Waals surface area contributed by atoms with E-state index in [2.05, 4.69) is 51.8 Å². The first-order chi connectivity index (χ1) is 13.2. The van der Waals surface area contributed by atoms with Gasteiger partial charge in [0.2, 0.25) is 11.8 Å². The van der Waals surface area contributed by atoms with Gasteiger partial charge < -0.3 is 15.1 Å². The smallest absolute Gasteiger partial charge is 0.226 e. The molecular formula is C24H41N3O2. The van der Waals surface area contributed by atoms with Crippen LogP contribution in [0.15, 0.2) is 18.2 Å². The van der Waals surface area contributed by atoms with Crippen molar-refractivity contribution in [3.05, 3.63) is 23.8 Å². The lowest BCUT2D eigenvalue weighted by molar-refractivity contribution is -0.136. The summed E-state index contributed by atoms with van der Waals surface area (Å²) in [6, 6.07) is 6.05. The molecule has 1 aromatic rings. The summed E-state index contributed by atoms with van der Waals surface area (Å²) in [5.74, 6) is 0.424. The van der Waals surface area contributed by atoms with Gasteiger partial charge in [0.15, 0.2) is 0 Å². The number of nitrogens with one attached hydrogen (secondary N) is 1. The highest BCUT2D eigenvalue weighted by Crippen LogP contribution is 2.28. The van der Waals surface area contributed by atoms with Crippen LogP contribution in [-0.4, -0.2) is 36.9 Å². The molecule has 1 rings (SSSR count). The molecular weight excluding hydrogens is 362 g/mol. The van der Waals surface area contributed by atoms with E-state index in [4.69, 9.17) is 0 Å². The molecule has 164 valence electrons. The number of hydrogen-bond donors (Lipinski definition) is 1. The van der Waals surface area contributed by atoms with Gasteiger partial charge in [-0.05, 0) is 42.0 Å². The van der Waals surface area contributed by atoms with Crippen molar-refractivity contribution in [2.45, 2.75) is 74.4 Å². The number of benzene rings is 1. The standard InChI is InChI=1S/C24H41N3O2/c1-16(2)18(5)27(22(28)14-24(6,7)8)15-19-13-20(25-23(29)17(3)4)11-12-21(19)26(9)10/h11-13,16-18H,14-15H2,1-10H3,(H,25,29)/t18-/m0/s1. The van der Waals surface area contributed by atoms with Gasteiger partial charge in [-0.1, -0.05) is 48.5 Å². The van der Waals surface area contributed by atoms with Crippen molar-refractivity contribution in [3.8, 4) is 0 Å². The summed E-state index contributed by atoms with van der Waals surface area (Å²) in [5.41, 5.74) is 2.79. The first-order valence-corrected chi connectivity index (χ1v) is 10.6. The van der Waals surface area contributed by atoms with Crippen LogP contribution in [-0.2, 0) is 16.1 Å². The maximum atomic E-state index is 13.2. The lowest BCUT2D eigenvalue weighted by Crippen LogP contribution is -2.42. The Morgan fingerprint density at radius 2 is 1.62 bits per heavy atom. The second-order valence-electron chi connectivity index (χ2n) is 10.1. The number of hydrogen-bond acceptors (Lipinski definition) is 3. The molecule has 1 aromatic carbocycles. The second-order valence-corrected chi connectivity index (χ2v) is 10.1. The molecule has 0 aliphatic carbocycles. The van der Waals surface area contributed by atoms with Gasteiger partial charge in [-0.3, -0.25) is 9.59 Å². The number of carbonyl (C=O) groups is 2. The summed E-state index contributed by atoms with van der Waals surface area (Å²) in [6.45, 7) is 17.0. The fraction of sp³-hybridized carbons (Fsp3) is 0.667. The Morgan fingerprint density at radius 3 is 2.07 bits per heavy atom. The molecule has 0 spiro atoms. The summed E-state index contributed by atoms with van der Waals surface area (Å²) in [7, 11) is 4.00. The number of anilines is 2. The summed E-state index contributed by atoms with van der Waals surface area (Å²) >= 11 is 0. The predicted molar refractivity (Wildman–Crippen MR) is 123 cm³/mol. The van der Waals surface area contributed by atoms with E-state index in [0.29, 0.717) is 18.9 Å². The van der Waals surface area contributed by atoms with Crippen LogP contribution in [0.2, 0.25) is 0 Å². The average molecular weight is 404 g/mol. The third-order valence-electron chi connectivity index (χ3n) is 5.15. The van der Waals surface area contributed by atoms with Crippen LogP contribution in [0.3, 0.4) is 0 Å². The molecule has 29 heavy (non-hydrogen) atoms. The van der Waals surface area contributed by atoms with Crippen molar-refractivity contribution in [3.63, 3.8) is 0 Å². The SMILES string of the molecule is CC(C)C(=O)Nc1ccc(N(C)C)c(CN(C(=O)CC(C)(C)C)[C@@H](C)C(C)C)c1. The van der Waals surface area contributed by atoms with E-state index in [1.54, 1.807) is 0 Å². The highest BCUT2D eigenvalue weighted by molar-refractivity contribution is 5.92. The molecule has 0 aliphatic rings. The number of carbonyl (C=O) groups excluding carboxylic acids is 2. The summed E-state index contributed by atoms with van der Waals surface area (Å²) in [4.78, 5) is 29.4. The molecule has 0 fully saturated rings. The monoisotopic (exact) mass is 403 g/mol. The molecule has 0 aliphatic heterocycles. The van der Waals surface area contributed by atoms with E-state index >= 15 is 0 Å². The Kier molecular flexibility index (Phi) is 8.73. The van der Waals surface area contributed by atoms with Crippen LogP contribution in [0.4, 0.5) is 11.4 Å². The summed E-state index contributed by atoms with van der Waals surface area (Å²) in [6.07, 6.45) is 0.505. The molecule has 5 heteroatoms. The van der Waals surface area contributed by atoms with Crippen molar-refractivity contribution in [2.24, 2.45) is 17.3 Å². The number of rotatable bonds is 8. The lowest BCUT2D eigenvalue weighted by atomic mass is 9.90. The van der Waals surface area contributed by atoms with Crippen LogP contribution in [0.5, 0.6) is 0 Å². The normalized spacial score (nSPS) is 12.8. The highest BCUT2D eigenvalue weighted by atomic mass is 16.2. The Morgan fingerprint density at radius 1 is 1.03 bits per heavy atom. The maximum Gasteiger partial charge on any atom is 0.226 e. The van der Waals surface area contributed by atoms with Crippen molar-refractivity contribution < 1.29 is 9.59 Å². The van der Waals surface area contributed by atoms with Crippen molar-refractivity contribution in [1.29, 1.82) is 0 Å². The molecule has 0 radical (unpaired) electrons. The van der Waals surface area contributed by atoms with E-state index < -0.39 is 0 Å². The fourth-order valence-corrected chi connectivity index (χ4v) is 3.07.